The van der Waals surface area contributed by atoms with Gasteiger partial charge in [0.25, 0.3) is 0 Å². The van der Waals surface area contributed by atoms with E-state index in [0.717, 1.165) is 6.54 Å². The van der Waals surface area contributed by atoms with Crippen LogP contribution in [0.2, 0.25) is 0 Å². The van der Waals surface area contributed by atoms with Gasteiger partial charge in [0.2, 0.25) is 0 Å². The highest BCUT2D eigenvalue weighted by Crippen LogP contribution is 2.15. The normalized spacial score (nSPS) is 10.6. The van der Waals surface area contributed by atoms with Gasteiger partial charge in [0.15, 0.2) is 0 Å². The summed E-state index contributed by atoms with van der Waals surface area (Å²) in [6.07, 6.45) is 6.28. The second-order valence-electron chi connectivity index (χ2n) is 4.31. The average Bonchev–Trinajstić information content (AvgIpc) is 2.24. The minimum Gasteiger partial charge on any atom is -0.330 e. The first-order valence-corrected chi connectivity index (χ1v) is 6.01. The molecule has 0 saturated carbocycles. The van der Waals surface area contributed by atoms with Crippen molar-refractivity contribution in [2.45, 2.75) is 46.0 Å². The maximum absolute atomic E-state index is 5.47. The van der Waals surface area contributed by atoms with Gasteiger partial charge in [-0.15, -0.1) is 0 Å². The molecule has 1 rings (SSSR count). The molecule has 84 valence electrons. The van der Waals surface area contributed by atoms with E-state index in [9.17, 15) is 0 Å². The fourth-order valence-electron chi connectivity index (χ4n) is 1.90. The number of rotatable bonds is 6. The molecule has 2 N–H and O–H groups in total. The van der Waals surface area contributed by atoms with Gasteiger partial charge < -0.3 is 5.73 Å². The Balaban J connectivity index is 2.34. The number of benzene rings is 1. The second kappa shape index (κ2) is 6.62. The largest absolute Gasteiger partial charge is 0.330 e. The third kappa shape index (κ3) is 4.05. The fourth-order valence-corrected chi connectivity index (χ4v) is 1.90. The predicted octanol–water partition coefficient (Wildman–Crippen LogP) is 3.37. The standard InChI is InChI=1S/C14H23N/c1-12-8-7-10-14(13(12)2)9-5-3-4-6-11-15/h7-8,10H,3-6,9,11,15H2,1-2H3. The number of nitrogens with two attached hydrogens (primary N) is 1. The van der Waals surface area contributed by atoms with Crippen LogP contribution in [0.3, 0.4) is 0 Å². The Morgan fingerprint density at radius 3 is 2.47 bits per heavy atom. The van der Waals surface area contributed by atoms with Crippen LogP contribution in [0, 0.1) is 13.8 Å². The summed E-state index contributed by atoms with van der Waals surface area (Å²) in [6.45, 7) is 5.25. The lowest BCUT2D eigenvalue weighted by Crippen LogP contribution is -1.98. The lowest BCUT2D eigenvalue weighted by atomic mass is 9.98. The van der Waals surface area contributed by atoms with E-state index < -0.39 is 0 Å². The maximum atomic E-state index is 5.47. The Bertz CT molecular complexity index is 291. The average molecular weight is 205 g/mol. The van der Waals surface area contributed by atoms with Gasteiger partial charge in [0.05, 0.1) is 0 Å². The molecule has 1 nitrogen and oxygen atoms in total. The Hall–Kier alpha value is -0.820. The van der Waals surface area contributed by atoms with E-state index in [-0.39, 0.29) is 0 Å². The predicted molar refractivity (Wildman–Crippen MR) is 67.1 cm³/mol. The molecule has 1 aromatic rings. The molecular weight excluding hydrogens is 182 g/mol. The van der Waals surface area contributed by atoms with Crippen molar-refractivity contribution in [1.82, 2.24) is 0 Å². The molecule has 0 amide bonds. The van der Waals surface area contributed by atoms with Crippen LogP contribution < -0.4 is 5.73 Å². The minimum atomic E-state index is 0.837. The molecule has 0 spiro atoms. The molecule has 0 aliphatic carbocycles. The van der Waals surface area contributed by atoms with Gasteiger partial charge in [-0.2, -0.15) is 0 Å². The SMILES string of the molecule is Cc1cccc(CCCCCCN)c1C. The Morgan fingerprint density at radius 1 is 1.00 bits per heavy atom. The molecule has 15 heavy (non-hydrogen) atoms. The molecule has 0 atom stereocenters. The molecule has 0 fully saturated rings. The summed E-state index contributed by atoms with van der Waals surface area (Å²) in [5, 5.41) is 0. The number of hydrogen-bond donors (Lipinski definition) is 1. The highest BCUT2D eigenvalue weighted by atomic mass is 14.5. The lowest BCUT2D eigenvalue weighted by molar-refractivity contribution is 0.645. The highest BCUT2D eigenvalue weighted by molar-refractivity contribution is 5.33. The summed E-state index contributed by atoms with van der Waals surface area (Å²) in [4.78, 5) is 0. The summed E-state index contributed by atoms with van der Waals surface area (Å²) in [7, 11) is 0. The smallest absolute Gasteiger partial charge is 0.00773 e. The third-order valence-corrected chi connectivity index (χ3v) is 3.12. The molecule has 0 bridgehead atoms. The minimum absolute atomic E-state index is 0.837. The van der Waals surface area contributed by atoms with E-state index in [1.54, 1.807) is 0 Å². The van der Waals surface area contributed by atoms with Crippen molar-refractivity contribution in [3.05, 3.63) is 34.9 Å². The van der Waals surface area contributed by atoms with Crippen LogP contribution in [0.1, 0.15) is 42.4 Å². The van der Waals surface area contributed by atoms with Crippen molar-refractivity contribution in [1.29, 1.82) is 0 Å². The zero-order valence-corrected chi connectivity index (χ0v) is 10.1. The first kappa shape index (κ1) is 12.3. The van der Waals surface area contributed by atoms with Gasteiger partial charge in [-0.25, -0.2) is 0 Å². The van der Waals surface area contributed by atoms with Gasteiger partial charge in [-0.1, -0.05) is 31.0 Å². The van der Waals surface area contributed by atoms with Crippen molar-refractivity contribution in [3.63, 3.8) is 0 Å². The topological polar surface area (TPSA) is 26.0 Å². The summed E-state index contributed by atoms with van der Waals surface area (Å²) in [6, 6.07) is 6.61. The van der Waals surface area contributed by atoms with Crippen molar-refractivity contribution in [3.8, 4) is 0 Å². The van der Waals surface area contributed by atoms with Crippen molar-refractivity contribution >= 4 is 0 Å². The fraction of sp³-hybridized carbons (Fsp3) is 0.571. The lowest BCUT2D eigenvalue weighted by Gasteiger charge is -2.08. The van der Waals surface area contributed by atoms with Gasteiger partial charge >= 0.3 is 0 Å². The summed E-state index contributed by atoms with van der Waals surface area (Å²) < 4.78 is 0. The first-order valence-electron chi connectivity index (χ1n) is 6.01. The monoisotopic (exact) mass is 205 g/mol. The first-order chi connectivity index (χ1) is 7.25. The van der Waals surface area contributed by atoms with E-state index in [2.05, 4.69) is 32.0 Å². The van der Waals surface area contributed by atoms with E-state index in [1.807, 2.05) is 0 Å². The van der Waals surface area contributed by atoms with E-state index >= 15 is 0 Å². The van der Waals surface area contributed by atoms with Crippen LogP contribution in [-0.2, 0) is 6.42 Å². The number of hydrogen-bond acceptors (Lipinski definition) is 1. The van der Waals surface area contributed by atoms with Gasteiger partial charge in [0, 0.05) is 0 Å². The molecule has 0 radical (unpaired) electrons. The third-order valence-electron chi connectivity index (χ3n) is 3.12. The zero-order valence-electron chi connectivity index (χ0n) is 10.1. The molecule has 0 saturated heterocycles. The van der Waals surface area contributed by atoms with Crippen LogP contribution in [0.25, 0.3) is 0 Å². The Morgan fingerprint density at radius 2 is 1.73 bits per heavy atom. The molecule has 1 aromatic carbocycles. The Kier molecular flexibility index (Phi) is 5.41. The molecule has 1 heteroatoms. The highest BCUT2D eigenvalue weighted by Gasteiger charge is 1.99. The molecule has 0 unspecified atom stereocenters. The summed E-state index contributed by atoms with van der Waals surface area (Å²) in [5.74, 6) is 0. The van der Waals surface area contributed by atoms with Crippen LogP contribution >= 0.6 is 0 Å². The van der Waals surface area contributed by atoms with E-state index in [4.69, 9.17) is 5.73 Å². The van der Waals surface area contributed by atoms with Gasteiger partial charge in [0.1, 0.15) is 0 Å². The van der Waals surface area contributed by atoms with Gasteiger partial charge in [-0.05, 0) is 56.3 Å². The number of unbranched alkanes of at least 4 members (excludes halogenated alkanes) is 3. The maximum Gasteiger partial charge on any atom is -0.00773 e. The van der Waals surface area contributed by atoms with Crippen molar-refractivity contribution in [2.75, 3.05) is 6.54 Å². The molecule has 0 aliphatic rings. The molecule has 0 heterocycles. The van der Waals surface area contributed by atoms with Crippen LogP contribution in [0.15, 0.2) is 18.2 Å². The molecule has 0 aromatic heterocycles. The van der Waals surface area contributed by atoms with Crippen LogP contribution in [-0.4, -0.2) is 6.54 Å². The molecular formula is C14H23N. The summed E-state index contributed by atoms with van der Waals surface area (Å²) >= 11 is 0. The van der Waals surface area contributed by atoms with Crippen LogP contribution in [0.4, 0.5) is 0 Å². The number of aryl methyl sites for hydroxylation is 2. The van der Waals surface area contributed by atoms with Crippen molar-refractivity contribution in [2.24, 2.45) is 5.73 Å². The van der Waals surface area contributed by atoms with Gasteiger partial charge in [-0.3, -0.25) is 0 Å². The summed E-state index contributed by atoms with van der Waals surface area (Å²) in [5.41, 5.74) is 9.86. The Labute approximate surface area is 93.7 Å². The second-order valence-corrected chi connectivity index (χ2v) is 4.31. The molecule has 0 aliphatic heterocycles. The van der Waals surface area contributed by atoms with Crippen LogP contribution in [0.5, 0.6) is 0 Å². The quantitative estimate of drug-likeness (QED) is 0.708. The van der Waals surface area contributed by atoms with E-state index in [0.29, 0.717) is 0 Å². The zero-order chi connectivity index (χ0) is 11.1. The van der Waals surface area contributed by atoms with E-state index in [1.165, 1.54) is 48.8 Å². The van der Waals surface area contributed by atoms with Crippen molar-refractivity contribution < 1.29 is 0 Å².